The molecule has 2 saturated heterocycles. The van der Waals surface area contributed by atoms with Gasteiger partial charge in [-0.3, -0.25) is 4.90 Å². The molecule has 23 heavy (non-hydrogen) atoms. The standard InChI is InChI=1S/C18H23N3O2/c1-13-4-3-7-19-18(13)21-11-16-17(12-21)22-9-8-20(16)10-15-6-5-14(2)23-15/h3-7,16-17H,8-12H2,1-2H3/t16-,17+/m1/s1. The Morgan fingerprint density at radius 1 is 1.22 bits per heavy atom. The third kappa shape index (κ3) is 2.86. The summed E-state index contributed by atoms with van der Waals surface area (Å²) >= 11 is 0. The van der Waals surface area contributed by atoms with E-state index in [1.54, 1.807) is 0 Å². The molecule has 4 rings (SSSR count). The second kappa shape index (κ2) is 5.98. The minimum absolute atomic E-state index is 0.251. The van der Waals surface area contributed by atoms with Gasteiger partial charge in [0, 0.05) is 25.8 Å². The lowest BCUT2D eigenvalue weighted by molar-refractivity contribution is -0.0519. The molecule has 2 aliphatic rings. The number of rotatable bonds is 3. The molecule has 0 N–H and O–H groups in total. The van der Waals surface area contributed by atoms with Gasteiger partial charge in [0.15, 0.2) is 0 Å². The van der Waals surface area contributed by atoms with E-state index in [-0.39, 0.29) is 6.10 Å². The summed E-state index contributed by atoms with van der Waals surface area (Å²) in [5.41, 5.74) is 1.22. The van der Waals surface area contributed by atoms with E-state index in [0.29, 0.717) is 6.04 Å². The van der Waals surface area contributed by atoms with E-state index in [0.717, 1.165) is 50.1 Å². The maximum atomic E-state index is 6.02. The molecule has 2 aromatic heterocycles. The molecular formula is C18H23N3O2. The highest BCUT2D eigenvalue weighted by Crippen LogP contribution is 2.29. The third-order valence-corrected chi connectivity index (χ3v) is 4.85. The number of hydrogen-bond acceptors (Lipinski definition) is 5. The summed E-state index contributed by atoms with van der Waals surface area (Å²) in [4.78, 5) is 9.41. The Morgan fingerprint density at radius 3 is 2.91 bits per heavy atom. The highest BCUT2D eigenvalue weighted by atomic mass is 16.5. The first-order chi connectivity index (χ1) is 11.2. The van der Waals surface area contributed by atoms with Gasteiger partial charge in [0.05, 0.1) is 25.3 Å². The Balaban J connectivity index is 1.51. The molecule has 0 spiro atoms. The lowest BCUT2D eigenvalue weighted by Gasteiger charge is -2.36. The van der Waals surface area contributed by atoms with Crippen molar-refractivity contribution in [3.63, 3.8) is 0 Å². The van der Waals surface area contributed by atoms with Crippen LogP contribution in [0.1, 0.15) is 17.1 Å². The van der Waals surface area contributed by atoms with Gasteiger partial charge in [-0.05, 0) is 37.6 Å². The SMILES string of the molecule is Cc1ccc(CN2CCO[C@H]3CN(c4ncccc4C)C[C@H]32)o1. The molecule has 0 radical (unpaired) electrons. The first-order valence-electron chi connectivity index (χ1n) is 8.28. The Morgan fingerprint density at radius 2 is 2.13 bits per heavy atom. The molecule has 122 valence electrons. The van der Waals surface area contributed by atoms with Crippen molar-refractivity contribution in [1.29, 1.82) is 0 Å². The largest absolute Gasteiger partial charge is 0.465 e. The molecule has 5 heteroatoms. The number of fused-ring (bicyclic) bond motifs is 1. The van der Waals surface area contributed by atoms with Gasteiger partial charge in [-0.15, -0.1) is 0 Å². The number of hydrogen-bond donors (Lipinski definition) is 0. The fraction of sp³-hybridized carbons (Fsp3) is 0.500. The van der Waals surface area contributed by atoms with Crippen molar-refractivity contribution >= 4 is 5.82 Å². The van der Waals surface area contributed by atoms with Crippen molar-refractivity contribution in [3.05, 3.63) is 47.5 Å². The van der Waals surface area contributed by atoms with Gasteiger partial charge < -0.3 is 14.1 Å². The summed E-state index contributed by atoms with van der Waals surface area (Å²) in [7, 11) is 0. The van der Waals surface area contributed by atoms with Crippen LogP contribution < -0.4 is 4.90 Å². The molecule has 0 aromatic carbocycles. The van der Waals surface area contributed by atoms with Crippen LogP contribution >= 0.6 is 0 Å². The zero-order chi connectivity index (χ0) is 15.8. The summed E-state index contributed by atoms with van der Waals surface area (Å²) < 4.78 is 11.8. The minimum atomic E-state index is 0.251. The van der Waals surface area contributed by atoms with E-state index in [1.165, 1.54) is 5.56 Å². The minimum Gasteiger partial charge on any atom is -0.465 e. The smallest absolute Gasteiger partial charge is 0.131 e. The van der Waals surface area contributed by atoms with Crippen molar-refractivity contribution in [2.24, 2.45) is 0 Å². The molecule has 2 fully saturated rings. The van der Waals surface area contributed by atoms with Crippen molar-refractivity contribution in [1.82, 2.24) is 9.88 Å². The average Bonchev–Trinajstić information content (AvgIpc) is 3.14. The molecule has 2 aliphatic heterocycles. The summed E-state index contributed by atoms with van der Waals surface area (Å²) in [6.45, 7) is 8.58. The molecular weight excluding hydrogens is 290 g/mol. The van der Waals surface area contributed by atoms with Crippen LogP contribution in [0.3, 0.4) is 0 Å². The number of anilines is 1. The first kappa shape index (κ1) is 14.7. The maximum Gasteiger partial charge on any atom is 0.131 e. The second-order valence-electron chi connectivity index (χ2n) is 6.51. The van der Waals surface area contributed by atoms with Crippen LogP contribution in [0.15, 0.2) is 34.9 Å². The number of aryl methyl sites for hydroxylation is 2. The fourth-order valence-corrected chi connectivity index (χ4v) is 3.71. The van der Waals surface area contributed by atoms with Gasteiger partial charge >= 0.3 is 0 Å². The Kier molecular flexibility index (Phi) is 3.83. The van der Waals surface area contributed by atoms with Crippen LogP contribution in [0.4, 0.5) is 5.82 Å². The van der Waals surface area contributed by atoms with Crippen molar-refractivity contribution in [2.45, 2.75) is 32.5 Å². The van der Waals surface area contributed by atoms with E-state index in [9.17, 15) is 0 Å². The second-order valence-corrected chi connectivity index (χ2v) is 6.51. The van der Waals surface area contributed by atoms with E-state index in [1.807, 2.05) is 25.3 Å². The van der Waals surface area contributed by atoms with Crippen molar-refractivity contribution in [2.75, 3.05) is 31.1 Å². The Labute approximate surface area is 136 Å². The van der Waals surface area contributed by atoms with E-state index in [4.69, 9.17) is 9.15 Å². The van der Waals surface area contributed by atoms with Crippen LogP contribution in [0.2, 0.25) is 0 Å². The monoisotopic (exact) mass is 313 g/mol. The predicted octanol–water partition coefficient (Wildman–Crippen LogP) is 2.38. The van der Waals surface area contributed by atoms with Crippen LogP contribution in [-0.2, 0) is 11.3 Å². The molecule has 5 nitrogen and oxygen atoms in total. The Bertz CT molecular complexity index is 684. The fourth-order valence-electron chi connectivity index (χ4n) is 3.71. The number of aromatic nitrogens is 1. The van der Waals surface area contributed by atoms with Crippen molar-refractivity contribution < 1.29 is 9.15 Å². The number of nitrogens with zero attached hydrogens (tertiary/aromatic N) is 3. The molecule has 2 aromatic rings. The molecule has 4 heterocycles. The Hall–Kier alpha value is -1.85. The third-order valence-electron chi connectivity index (χ3n) is 4.85. The van der Waals surface area contributed by atoms with Crippen LogP contribution in [0, 0.1) is 13.8 Å². The number of ether oxygens (including phenoxy) is 1. The highest BCUT2D eigenvalue weighted by Gasteiger charge is 2.41. The summed E-state index contributed by atoms with van der Waals surface area (Å²) in [6, 6.07) is 8.62. The summed E-state index contributed by atoms with van der Waals surface area (Å²) in [6.07, 6.45) is 2.12. The van der Waals surface area contributed by atoms with E-state index < -0.39 is 0 Å². The topological polar surface area (TPSA) is 41.7 Å². The maximum absolute atomic E-state index is 6.02. The summed E-state index contributed by atoms with van der Waals surface area (Å²) in [5, 5.41) is 0. The molecule has 0 amide bonds. The van der Waals surface area contributed by atoms with Crippen LogP contribution in [0.5, 0.6) is 0 Å². The first-order valence-corrected chi connectivity index (χ1v) is 8.28. The molecule has 0 aliphatic carbocycles. The summed E-state index contributed by atoms with van der Waals surface area (Å²) in [5.74, 6) is 3.09. The lowest BCUT2D eigenvalue weighted by atomic mass is 10.1. The average molecular weight is 313 g/mol. The van der Waals surface area contributed by atoms with E-state index >= 15 is 0 Å². The van der Waals surface area contributed by atoms with Gasteiger partial charge in [0.25, 0.3) is 0 Å². The zero-order valence-corrected chi connectivity index (χ0v) is 13.7. The van der Waals surface area contributed by atoms with Gasteiger partial charge in [-0.1, -0.05) is 6.07 Å². The predicted molar refractivity (Wildman–Crippen MR) is 88.6 cm³/mol. The lowest BCUT2D eigenvalue weighted by Crippen LogP contribution is -2.50. The van der Waals surface area contributed by atoms with Gasteiger partial charge in [-0.2, -0.15) is 0 Å². The molecule has 0 saturated carbocycles. The number of furan rings is 1. The molecule has 0 unspecified atom stereocenters. The van der Waals surface area contributed by atoms with Gasteiger partial charge in [-0.25, -0.2) is 4.98 Å². The highest BCUT2D eigenvalue weighted by molar-refractivity contribution is 5.47. The zero-order valence-electron chi connectivity index (χ0n) is 13.7. The van der Waals surface area contributed by atoms with Gasteiger partial charge in [0.2, 0.25) is 0 Å². The van der Waals surface area contributed by atoms with Crippen molar-refractivity contribution in [3.8, 4) is 0 Å². The van der Waals surface area contributed by atoms with Crippen LogP contribution in [0.25, 0.3) is 0 Å². The normalized spacial score (nSPS) is 24.9. The number of morpholine rings is 1. The van der Waals surface area contributed by atoms with Crippen LogP contribution in [-0.4, -0.2) is 48.3 Å². The molecule has 2 atom stereocenters. The number of pyridine rings is 1. The van der Waals surface area contributed by atoms with Gasteiger partial charge in [0.1, 0.15) is 17.3 Å². The molecule has 0 bridgehead atoms. The van der Waals surface area contributed by atoms with E-state index in [2.05, 4.69) is 33.8 Å². The quantitative estimate of drug-likeness (QED) is 0.870.